The fraction of sp³-hybridized carbons (Fsp3) is 0.538. The fourth-order valence-electron chi connectivity index (χ4n) is 2.17. The molecule has 2 rings (SSSR count). The van der Waals surface area contributed by atoms with E-state index >= 15 is 0 Å². The number of benzene rings is 1. The molecule has 0 aliphatic carbocycles. The Morgan fingerprint density at radius 1 is 1.53 bits per heavy atom. The Balaban J connectivity index is 2.15. The Hall–Kier alpha value is -0.380. The van der Waals surface area contributed by atoms with E-state index in [0.29, 0.717) is 11.8 Å². The molecule has 1 aliphatic heterocycles. The molecule has 94 valence electrons. The van der Waals surface area contributed by atoms with Gasteiger partial charge in [-0.3, -0.25) is 0 Å². The normalized spacial score (nSPS) is 20.6. The number of rotatable bonds is 3. The Labute approximate surface area is 113 Å². The van der Waals surface area contributed by atoms with Crippen LogP contribution in [0.3, 0.4) is 0 Å². The van der Waals surface area contributed by atoms with Gasteiger partial charge in [-0.1, -0.05) is 24.6 Å². The molecule has 1 saturated heterocycles. The first-order valence-corrected chi connectivity index (χ1v) is 7.48. The van der Waals surface area contributed by atoms with Gasteiger partial charge in [-0.15, -0.1) is 0 Å². The van der Waals surface area contributed by atoms with E-state index in [4.69, 9.17) is 17.3 Å². The highest BCUT2D eigenvalue weighted by molar-refractivity contribution is 8.00. The summed E-state index contributed by atoms with van der Waals surface area (Å²) in [6, 6.07) is 6.33. The van der Waals surface area contributed by atoms with E-state index in [2.05, 4.69) is 30.0 Å². The summed E-state index contributed by atoms with van der Waals surface area (Å²) >= 11 is 8.39. The molecule has 1 atom stereocenters. The van der Waals surface area contributed by atoms with E-state index in [9.17, 15) is 0 Å². The van der Waals surface area contributed by atoms with Gasteiger partial charge in [-0.25, -0.2) is 0 Å². The van der Waals surface area contributed by atoms with Crippen molar-refractivity contribution in [2.75, 3.05) is 30.3 Å². The van der Waals surface area contributed by atoms with Crippen LogP contribution in [0.15, 0.2) is 18.2 Å². The molecule has 0 radical (unpaired) electrons. The highest BCUT2D eigenvalue weighted by Crippen LogP contribution is 2.30. The highest BCUT2D eigenvalue weighted by Gasteiger charge is 2.18. The Morgan fingerprint density at radius 3 is 3.00 bits per heavy atom. The van der Waals surface area contributed by atoms with Crippen LogP contribution in [-0.4, -0.2) is 30.6 Å². The molecule has 1 fully saturated rings. The summed E-state index contributed by atoms with van der Waals surface area (Å²) in [7, 11) is 0. The van der Waals surface area contributed by atoms with Crippen molar-refractivity contribution in [1.82, 2.24) is 0 Å². The lowest BCUT2D eigenvalue weighted by Crippen LogP contribution is -2.36. The maximum Gasteiger partial charge on any atom is 0.0642 e. The smallest absolute Gasteiger partial charge is 0.0642 e. The molecule has 17 heavy (non-hydrogen) atoms. The van der Waals surface area contributed by atoms with Gasteiger partial charge in [0.2, 0.25) is 0 Å². The average molecular weight is 271 g/mol. The predicted octanol–water partition coefficient (Wildman–Crippen LogP) is 2.78. The maximum absolute atomic E-state index is 6.36. The topological polar surface area (TPSA) is 29.3 Å². The zero-order chi connectivity index (χ0) is 12.3. The van der Waals surface area contributed by atoms with Gasteiger partial charge in [-0.05, 0) is 30.7 Å². The zero-order valence-corrected chi connectivity index (χ0v) is 11.7. The second-order valence-electron chi connectivity index (χ2n) is 4.45. The summed E-state index contributed by atoms with van der Waals surface area (Å²) in [4.78, 5) is 2.38. The van der Waals surface area contributed by atoms with Gasteiger partial charge in [0.05, 0.1) is 10.7 Å². The molecule has 0 saturated carbocycles. The van der Waals surface area contributed by atoms with Crippen LogP contribution in [0, 0.1) is 0 Å². The van der Waals surface area contributed by atoms with Crippen LogP contribution in [0.5, 0.6) is 0 Å². The van der Waals surface area contributed by atoms with Crippen molar-refractivity contribution in [1.29, 1.82) is 0 Å². The third-order valence-corrected chi connectivity index (χ3v) is 4.47. The number of anilines is 1. The van der Waals surface area contributed by atoms with Crippen molar-refractivity contribution in [3.63, 3.8) is 0 Å². The largest absolute Gasteiger partial charge is 0.368 e. The molecule has 1 heterocycles. The quantitative estimate of drug-likeness (QED) is 0.916. The first-order valence-electron chi connectivity index (χ1n) is 6.05. The van der Waals surface area contributed by atoms with Crippen LogP contribution in [0.2, 0.25) is 5.02 Å². The molecule has 2 N–H and O–H groups in total. The Bertz CT molecular complexity index is 384. The van der Waals surface area contributed by atoms with Gasteiger partial charge in [0, 0.05) is 24.1 Å². The minimum absolute atomic E-state index is 0.674. The lowest BCUT2D eigenvalue weighted by molar-refractivity contribution is 0.782. The van der Waals surface area contributed by atoms with Gasteiger partial charge in [0.1, 0.15) is 0 Å². The summed E-state index contributed by atoms with van der Waals surface area (Å²) in [5.41, 5.74) is 7.94. The van der Waals surface area contributed by atoms with Crippen LogP contribution in [0.25, 0.3) is 0 Å². The first-order chi connectivity index (χ1) is 8.20. The predicted molar refractivity (Wildman–Crippen MR) is 78.3 cm³/mol. The molecule has 4 heteroatoms. The van der Waals surface area contributed by atoms with E-state index in [0.717, 1.165) is 24.5 Å². The molecule has 0 aromatic heterocycles. The summed E-state index contributed by atoms with van der Waals surface area (Å²) in [5.74, 6) is 1.18. The van der Waals surface area contributed by atoms with Crippen LogP contribution < -0.4 is 10.6 Å². The van der Waals surface area contributed by atoms with Gasteiger partial charge < -0.3 is 10.6 Å². The van der Waals surface area contributed by atoms with Crippen LogP contribution in [0.4, 0.5) is 5.69 Å². The highest BCUT2D eigenvalue weighted by atomic mass is 35.5. The number of halogens is 1. The molecule has 1 unspecified atom stereocenters. The lowest BCUT2D eigenvalue weighted by Gasteiger charge is -2.33. The lowest BCUT2D eigenvalue weighted by atomic mass is 10.1. The summed E-state index contributed by atoms with van der Waals surface area (Å²) in [6.07, 6.45) is 0.895. The van der Waals surface area contributed by atoms with E-state index in [1.54, 1.807) is 0 Å². The van der Waals surface area contributed by atoms with Crippen molar-refractivity contribution in [2.45, 2.75) is 18.6 Å². The molecule has 1 aromatic carbocycles. The van der Waals surface area contributed by atoms with Gasteiger partial charge >= 0.3 is 0 Å². The number of hydrogen-bond acceptors (Lipinski definition) is 3. The first kappa shape index (κ1) is 13.1. The van der Waals surface area contributed by atoms with Crippen molar-refractivity contribution < 1.29 is 0 Å². The van der Waals surface area contributed by atoms with E-state index < -0.39 is 0 Å². The molecule has 0 spiro atoms. The Morgan fingerprint density at radius 2 is 2.35 bits per heavy atom. The molecular weight excluding hydrogens is 252 g/mol. The summed E-state index contributed by atoms with van der Waals surface area (Å²) in [5, 5.41) is 1.54. The minimum atomic E-state index is 0.674. The number of thioether (sulfide) groups is 1. The summed E-state index contributed by atoms with van der Waals surface area (Å²) < 4.78 is 0. The van der Waals surface area contributed by atoms with Crippen LogP contribution in [0.1, 0.15) is 12.5 Å². The second kappa shape index (κ2) is 5.98. The van der Waals surface area contributed by atoms with E-state index in [-0.39, 0.29) is 0 Å². The molecular formula is C13H19ClN2S. The Kier molecular flexibility index (Phi) is 4.60. The van der Waals surface area contributed by atoms with E-state index in [1.807, 2.05) is 11.8 Å². The number of nitrogens with zero attached hydrogens (tertiary/aromatic N) is 1. The maximum atomic E-state index is 6.36. The molecule has 1 aromatic rings. The van der Waals surface area contributed by atoms with Gasteiger partial charge in [-0.2, -0.15) is 11.8 Å². The van der Waals surface area contributed by atoms with Crippen molar-refractivity contribution in [2.24, 2.45) is 5.73 Å². The van der Waals surface area contributed by atoms with Crippen LogP contribution >= 0.6 is 23.4 Å². The molecule has 0 amide bonds. The monoisotopic (exact) mass is 270 g/mol. The fourth-order valence-corrected chi connectivity index (χ4v) is 3.50. The standard InChI is InChI=1S/C13H19ClN2S/c1-10-9-16(6-7-17-10)13-3-2-11(4-5-15)8-12(13)14/h2-3,8,10H,4-7,9,15H2,1H3. The molecule has 1 aliphatic rings. The minimum Gasteiger partial charge on any atom is -0.368 e. The number of nitrogens with two attached hydrogens (primary N) is 1. The van der Waals surface area contributed by atoms with E-state index in [1.165, 1.54) is 17.0 Å². The zero-order valence-electron chi connectivity index (χ0n) is 10.2. The molecule has 2 nitrogen and oxygen atoms in total. The number of hydrogen-bond donors (Lipinski definition) is 1. The van der Waals surface area contributed by atoms with Gasteiger partial charge in [0.15, 0.2) is 0 Å². The third-order valence-electron chi connectivity index (χ3n) is 3.03. The average Bonchev–Trinajstić information content (AvgIpc) is 2.29. The third kappa shape index (κ3) is 3.30. The van der Waals surface area contributed by atoms with Gasteiger partial charge in [0.25, 0.3) is 0 Å². The van der Waals surface area contributed by atoms with Crippen molar-refractivity contribution in [3.05, 3.63) is 28.8 Å². The SMILES string of the molecule is CC1CN(c2ccc(CCN)cc2Cl)CCS1. The van der Waals surface area contributed by atoms with Crippen LogP contribution in [-0.2, 0) is 6.42 Å². The van der Waals surface area contributed by atoms with Crippen molar-refractivity contribution in [3.8, 4) is 0 Å². The summed E-state index contributed by atoms with van der Waals surface area (Å²) in [6.45, 7) is 5.12. The second-order valence-corrected chi connectivity index (χ2v) is 6.41. The van der Waals surface area contributed by atoms with Crippen molar-refractivity contribution >= 4 is 29.1 Å². The molecule has 0 bridgehead atoms.